The van der Waals surface area contributed by atoms with Gasteiger partial charge in [0.05, 0.1) is 6.61 Å². The molecule has 2 aromatic rings. The zero-order chi connectivity index (χ0) is 16.8. The lowest BCUT2D eigenvalue weighted by Gasteiger charge is -2.36. The molecule has 0 aliphatic carbocycles. The first-order valence-corrected chi connectivity index (χ1v) is 8.44. The highest BCUT2D eigenvalue weighted by molar-refractivity contribution is 6.30. The van der Waals surface area contributed by atoms with Crippen molar-refractivity contribution in [3.63, 3.8) is 0 Å². The van der Waals surface area contributed by atoms with Crippen molar-refractivity contribution >= 4 is 28.9 Å². The van der Waals surface area contributed by atoms with E-state index in [1.807, 2.05) is 24.3 Å². The maximum atomic E-state index is 6.09. The number of piperazine rings is 1. The van der Waals surface area contributed by atoms with Crippen LogP contribution in [0.15, 0.2) is 36.7 Å². The molecule has 1 aromatic carbocycles. The second-order valence-corrected chi connectivity index (χ2v) is 6.07. The Morgan fingerprint density at radius 1 is 1.12 bits per heavy atom. The number of rotatable bonds is 6. The number of anilines is 3. The minimum atomic E-state index is 0.650. The van der Waals surface area contributed by atoms with Crippen molar-refractivity contribution in [1.29, 1.82) is 0 Å². The van der Waals surface area contributed by atoms with Crippen molar-refractivity contribution in [3.8, 4) is 0 Å². The van der Waals surface area contributed by atoms with E-state index < -0.39 is 0 Å². The number of ether oxygens (including phenoxy) is 1. The van der Waals surface area contributed by atoms with Crippen LogP contribution in [0.25, 0.3) is 0 Å². The molecule has 1 saturated heterocycles. The fourth-order valence-corrected chi connectivity index (χ4v) is 2.95. The van der Waals surface area contributed by atoms with Gasteiger partial charge in [-0.2, -0.15) is 0 Å². The molecule has 0 radical (unpaired) electrons. The van der Waals surface area contributed by atoms with E-state index in [1.165, 1.54) is 5.69 Å². The lowest BCUT2D eigenvalue weighted by Crippen LogP contribution is -2.46. The van der Waals surface area contributed by atoms with Gasteiger partial charge in [-0.25, -0.2) is 9.97 Å². The third-order valence-corrected chi connectivity index (χ3v) is 4.28. The number of hydrogen-bond acceptors (Lipinski definition) is 6. The van der Waals surface area contributed by atoms with Crippen LogP contribution in [0.2, 0.25) is 5.02 Å². The van der Waals surface area contributed by atoms with Crippen LogP contribution in [-0.2, 0) is 4.74 Å². The summed E-state index contributed by atoms with van der Waals surface area (Å²) in [6.07, 6.45) is 1.60. The third kappa shape index (κ3) is 4.27. The molecule has 0 saturated carbocycles. The normalized spacial score (nSPS) is 14.8. The van der Waals surface area contributed by atoms with Crippen molar-refractivity contribution in [2.75, 3.05) is 61.6 Å². The summed E-state index contributed by atoms with van der Waals surface area (Å²) in [6.45, 7) is 5.10. The first-order chi connectivity index (χ1) is 11.8. The van der Waals surface area contributed by atoms with Gasteiger partial charge in [0.25, 0.3) is 0 Å². The Labute approximate surface area is 147 Å². The Hall–Kier alpha value is -2.05. The number of nitrogens with one attached hydrogen (secondary N) is 1. The van der Waals surface area contributed by atoms with E-state index in [4.69, 9.17) is 16.3 Å². The average molecular weight is 348 g/mol. The van der Waals surface area contributed by atoms with Crippen molar-refractivity contribution in [2.24, 2.45) is 0 Å². The molecule has 3 rings (SSSR count). The lowest BCUT2D eigenvalue weighted by molar-refractivity contribution is 0.210. The smallest absolute Gasteiger partial charge is 0.134 e. The Morgan fingerprint density at radius 3 is 2.67 bits per heavy atom. The van der Waals surface area contributed by atoms with Gasteiger partial charge in [0, 0.05) is 56.6 Å². The number of nitrogens with zero attached hydrogens (tertiary/aromatic N) is 4. The summed E-state index contributed by atoms with van der Waals surface area (Å²) >= 11 is 6.09. The van der Waals surface area contributed by atoms with Crippen molar-refractivity contribution in [1.82, 2.24) is 9.97 Å². The molecule has 1 aromatic heterocycles. The molecular formula is C17H22ClN5O. The predicted octanol–water partition coefficient (Wildman–Crippen LogP) is 2.51. The molecule has 1 aliphatic rings. The molecule has 1 N–H and O–H groups in total. The van der Waals surface area contributed by atoms with E-state index in [0.717, 1.165) is 49.4 Å². The summed E-state index contributed by atoms with van der Waals surface area (Å²) in [5, 5.41) is 4.01. The highest BCUT2D eigenvalue weighted by atomic mass is 35.5. The van der Waals surface area contributed by atoms with E-state index in [1.54, 1.807) is 13.4 Å². The summed E-state index contributed by atoms with van der Waals surface area (Å²) in [5.41, 5.74) is 1.17. The molecule has 0 spiro atoms. The average Bonchev–Trinajstić information content (AvgIpc) is 2.62. The second kappa shape index (κ2) is 8.17. The molecule has 1 aliphatic heterocycles. The third-order valence-electron chi connectivity index (χ3n) is 4.04. The minimum absolute atomic E-state index is 0.650. The molecule has 7 heteroatoms. The first-order valence-electron chi connectivity index (χ1n) is 8.06. The van der Waals surface area contributed by atoms with Crippen LogP contribution in [-0.4, -0.2) is 56.4 Å². The van der Waals surface area contributed by atoms with Gasteiger partial charge in [0.1, 0.15) is 18.0 Å². The minimum Gasteiger partial charge on any atom is -0.383 e. The molecular weight excluding hydrogens is 326 g/mol. The van der Waals surface area contributed by atoms with Gasteiger partial charge in [-0.1, -0.05) is 17.7 Å². The van der Waals surface area contributed by atoms with Crippen LogP contribution in [0.4, 0.5) is 17.3 Å². The van der Waals surface area contributed by atoms with Gasteiger partial charge in [0.2, 0.25) is 0 Å². The summed E-state index contributed by atoms with van der Waals surface area (Å²) in [5.74, 6) is 1.78. The van der Waals surface area contributed by atoms with Crippen LogP contribution in [0.5, 0.6) is 0 Å². The summed E-state index contributed by atoms with van der Waals surface area (Å²) in [4.78, 5) is 13.3. The van der Waals surface area contributed by atoms with E-state index in [-0.39, 0.29) is 0 Å². The first kappa shape index (κ1) is 16.8. The number of aromatic nitrogens is 2. The standard InChI is InChI=1S/C17H22ClN5O/c1-24-10-5-19-16-12-17(21-13-20-16)23-8-6-22(7-9-23)15-4-2-3-14(18)11-15/h2-4,11-13H,5-10H2,1H3,(H,19,20,21). The van der Waals surface area contributed by atoms with Crippen LogP contribution < -0.4 is 15.1 Å². The molecule has 0 atom stereocenters. The van der Waals surface area contributed by atoms with Gasteiger partial charge in [0.15, 0.2) is 0 Å². The molecule has 24 heavy (non-hydrogen) atoms. The number of halogens is 1. The van der Waals surface area contributed by atoms with Gasteiger partial charge in [-0.15, -0.1) is 0 Å². The Bertz CT molecular complexity index is 661. The molecule has 128 valence electrons. The Morgan fingerprint density at radius 2 is 1.92 bits per heavy atom. The van der Waals surface area contributed by atoms with E-state index in [9.17, 15) is 0 Å². The number of benzene rings is 1. The van der Waals surface area contributed by atoms with Gasteiger partial charge >= 0.3 is 0 Å². The maximum absolute atomic E-state index is 6.09. The predicted molar refractivity (Wildman–Crippen MR) is 98.3 cm³/mol. The van der Waals surface area contributed by atoms with Crippen LogP contribution >= 0.6 is 11.6 Å². The quantitative estimate of drug-likeness (QED) is 0.810. The second-order valence-electron chi connectivity index (χ2n) is 5.63. The van der Waals surface area contributed by atoms with Crippen molar-refractivity contribution in [3.05, 3.63) is 41.7 Å². The van der Waals surface area contributed by atoms with E-state index in [0.29, 0.717) is 6.61 Å². The van der Waals surface area contributed by atoms with Crippen molar-refractivity contribution in [2.45, 2.75) is 0 Å². The van der Waals surface area contributed by atoms with E-state index in [2.05, 4.69) is 31.2 Å². The SMILES string of the molecule is COCCNc1cc(N2CCN(c3cccc(Cl)c3)CC2)ncn1. The van der Waals surface area contributed by atoms with Crippen LogP contribution in [0.3, 0.4) is 0 Å². The van der Waals surface area contributed by atoms with Crippen LogP contribution in [0, 0.1) is 0 Å². The highest BCUT2D eigenvalue weighted by Gasteiger charge is 2.18. The monoisotopic (exact) mass is 347 g/mol. The largest absolute Gasteiger partial charge is 0.383 e. The summed E-state index contributed by atoms with van der Waals surface area (Å²) in [6, 6.07) is 10.0. The van der Waals surface area contributed by atoms with E-state index >= 15 is 0 Å². The zero-order valence-electron chi connectivity index (χ0n) is 13.8. The highest BCUT2D eigenvalue weighted by Crippen LogP contribution is 2.22. The maximum Gasteiger partial charge on any atom is 0.134 e. The topological polar surface area (TPSA) is 53.5 Å². The van der Waals surface area contributed by atoms with Crippen LogP contribution in [0.1, 0.15) is 0 Å². The fraction of sp³-hybridized carbons (Fsp3) is 0.412. The molecule has 2 heterocycles. The Kier molecular flexibility index (Phi) is 5.72. The lowest BCUT2D eigenvalue weighted by atomic mass is 10.2. The number of methoxy groups -OCH3 is 1. The number of hydrogen-bond donors (Lipinski definition) is 1. The van der Waals surface area contributed by atoms with Crippen molar-refractivity contribution < 1.29 is 4.74 Å². The molecule has 6 nitrogen and oxygen atoms in total. The Balaban J connectivity index is 1.59. The summed E-state index contributed by atoms with van der Waals surface area (Å²) < 4.78 is 5.04. The molecule has 1 fully saturated rings. The fourth-order valence-electron chi connectivity index (χ4n) is 2.76. The van der Waals surface area contributed by atoms with Gasteiger partial charge in [-0.05, 0) is 18.2 Å². The van der Waals surface area contributed by atoms with Gasteiger partial charge < -0.3 is 19.9 Å². The summed E-state index contributed by atoms with van der Waals surface area (Å²) in [7, 11) is 1.69. The molecule has 0 unspecified atom stereocenters. The zero-order valence-corrected chi connectivity index (χ0v) is 14.5. The van der Waals surface area contributed by atoms with Gasteiger partial charge in [-0.3, -0.25) is 0 Å². The molecule has 0 bridgehead atoms. The molecule has 0 amide bonds.